The van der Waals surface area contributed by atoms with Crippen LogP contribution in [-0.2, 0) is 4.79 Å². The van der Waals surface area contributed by atoms with E-state index in [4.69, 9.17) is 5.73 Å². The van der Waals surface area contributed by atoms with Gasteiger partial charge in [-0.1, -0.05) is 19.9 Å². The number of nitrogens with two attached hydrogens (primary N) is 1. The molecule has 0 aromatic carbocycles. The number of carbonyl (C=O) groups excluding carboxylic acids is 1. The number of amides is 1. The van der Waals surface area contributed by atoms with Gasteiger partial charge in [-0.25, -0.2) is 0 Å². The smallest absolute Gasteiger partial charge is 0.221 e. The lowest BCUT2D eigenvalue weighted by molar-refractivity contribution is -0.121. The first kappa shape index (κ1) is 13.6. The van der Waals surface area contributed by atoms with E-state index >= 15 is 0 Å². The Bertz CT molecular complexity index is 338. The third-order valence-corrected chi connectivity index (χ3v) is 2.81. The molecule has 1 heterocycles. The fourth-order valence-electron chi connectivity index (χ4n) is 1.78. The Morgan fingerprint density at radius 3 is 2.82 bits per heavy atom. The van der Waals surface area contributed by atoms with Gasteiger partial charge in [-0.15, -0.1) is 0 Å². The lowest BCUT2D eigenvalue weighted by atomic mass is 9.89. The Balaban J connectivity index is 2.59. The van der Waals surface area contributed by atoms with E-state index in [0.29, 0.717) is 31.3 Å². The van der Waals surface area contributed by atoms with Crippen molar-refractivity contribution in [1.29, 1.82) is 0 Å². The van der Waals surface area contributed by atoms with Crippen molar-refractivity contribution in [3.63, 3.8) is 0 Å². The van der Waals surface area contributed by atoms with Crippen molar-refractivity contribution in [2.75, 3.05) is 13.1 Å². The van der Waals surface area contributed by atoms with Crippen molar-refractivity contribution in [3.8, 4) is 0 Å². The van der Waals surface area contributed by atoms with E-state index in [-0.39, 0.29) is 5.91 Å². The van der Waals surface area contributed by atoms with Crippen LogP contribution in [0.5, 0.6) is 0 Å². The minimum absolute atomic E-state index is 0.0158. The Labute approximate surface area is 103 Å². The largest absolute Gasteiger partial charge is 0.355 e. The number of nitrogens with zero attached hydrogens (tertiary/aromatic N) is 1. The third-order valence-electron chi connectivity index (χ3n) is 2.81. The topological polar surface area (TPSA) is 68.0 Å². The highest BCUT2D eigenvalue weighted by atomic mass is 16.1. The predicted octanol–water partition coefficient (Wildman–Crippen LogP) is 1.29. The van der Waals surface area contributed by atoms with Crippen LogP contribution in [0.15, 0.2) is 24.5 Å². The zero-order valence-electron chi connectivity index (χ0n) is 10.5. The molecule has 17 heavy (non-hydrogen) atoms. The second kappa shape index (κ2) is 7.01. The van der Waals surface area contributed by atoms with Gasteiger partial charge in [-0.2, -0.15) is 0 Å². The van der Waals surface area contributed by atoms with Gasteiger partial charge in [0.2, 0.25) is 5.91 Å². The van der Waals surface area contributed by atoms with E-state index in [1.165, 1.54) is 0 Å². The van der Waals surface area contributed by atoms with Crippen LogP contribution in [0.4, 0.5) is 0 Å². The minimum atomic E-state index is 0.0158. The Morgan fingerprint density at radius 2 is 2.29 bits per heavy atom. The number of nitrogens with one attached hydrogen (secondary N) is 1. The monoisotopic (exact) mass is 235 g/mol. The molecule has 0 spiro atoms. The van der Waals surface area contributed by atoms with Gasteiger partial charge in [0.05, 0.1) is 0 Å². The third kappa shape index (κ3) is 4.53. The van der Waals surface area contributed by atoms with E-state index in [9.17, 15) is 4.79 Å². The number of hydrogen-bond donors (Lipinski definition) is 2. The molecule has 4 heteroatoms. The second-order valence-electron chi connectivity index (χ2n) is 4.48. The fourth-order valence-corrected chi connectivity index (χ4v) is 1.78. The van der Waals surface area contributed by atoms with Gasteiger partial charge in [0, 0.05) is 37.8 Å². The first-order chi connectivity index (χ1) is 8.15. The number of carbonyl (C=O) groups is 1. The first-order valence-corrected chi connectivity index (χ1v) is 6.01. The molecular formula is C13H21N3O. The zero-order valence-corrected chi connectivity index (χ0v) is 10.5. The van der Waals surface area contributed by atoms with E-state index in [1.807, 2.05) is 18.3 Å². The zero-order chi connectivity index (χ0) is 12.7. The van der Waals surface area contributed by atoms with Crippen LogP contribution in [0.1, 0.15) is 31.7 Å². The van der Waals surface area contributed by atoms with Crippen molar-refractivity contribution in [2.45, 2.75) is 26.2 Å². The van der Waals surface area contributed by atoms with Crippen molar-refractivity contribution in [1.82, 2.24) is 10.3 Å². The van der Waals surface area contributed by atoms with Gasteiger partial charge in [0.25, 0.3) is 0 Å². The SMILES string of the molecule is CC(C)C(CNC(=O)CCN)c1cccnc1. The summed E-state index contributed by atoms with van der Waals surface area (Å²) in [5, 5.41) is 2.92. The summed E-state index contributed by atoms with van der Waals surface area (Å²) in [6.07, 6.45) is 4.01. The quantitative estimate of drug-likeness (QED) is 0.780. The van der Waals surface area contributed by atoms with Crippen molar-refractivity contribution in [2.24, 2.45) is 11.7 Å². The van der Waals surface area contributed by atoms with Crippen molar-refractivity contribution >= 4 is 5.91 Å². The van der Waals surface area contributed by atoms with E-state index in [2.05, 4.69) is 24.1 Å². The number of rotatable bonds is 6. The molecule has 1 aromatic rings. The summed E-state index contributed by atoms with van der Waals surface area (Å²) in [6.45, 7) is 5.33. The summed E-state index contributed by atoms with van der Waals surface area (Å²) in [5.41, 5.74) is 6.50. The summed E-state index contributed by atoms with van der Waals surface area (Å²) < 4.78 is 0. The molecule has 0 saturated carbocycles. The van der Waals surface area contributed by atoms with Crippen LogP contribution < -0.4 is 11.1 Å². The average molecular weight is 235 g/mol. The molecule has 0 aliphatic carbocycles. The van der Waals surface area contributed by atoms with E-state index in [1.54, 1.807) is 6.20 Å². The average Bonchev–Trinajstić information content (AvgIpc) is 2.30. The molecule has 4 nitrogen and oxygen atoms in total. The molecule has 0 aliphatic heterocycles. The maximum absolute atomic E-state index is 11.4. The highest BCUT2D eigenvalue weighted by Crippen LogP contribution is 2.22. The molecule has 1 amide bonds. The number of hydrogen-bond acceptors (Lipinski definition) is 3. The fraction of sp³-hybridized carbons (Fsp3) is 0.538. The number of aromatic nitrogens is 1. The Morgan fingerprint density at radius 1 is 1.53 bits per heavy atom. The van der Waals surface area contributed by atoms with Gasteiger partial charge in [0.1, 0.15) is 0 Å². The van der Waals surface area contributed by atoms with Gasteiger partial charge in [-0.05, 0) is 17.5 Å². The normalized spacial score (nSPS) is 12.5. The summed E-state index contributed by atoms with van der Waals surface area (Å²) in [5.74, 6) is 0.768. The van der Waals surface area contributed by atoms with E-state index in [0.717, 1.165) is 5.56 Å². The van der Waals surface area contributed by atoms with Crippen LogP contribution >= 0.6 is 0 Å². The highest BCUT2D eigenvalue weighted by molar-refractivity contribution is 5.76. The molecule has 1 aromatic heterocycles. The van der Waals surface area contributed by atoms with Crippen LogP contribution in [0.2, 0.25) is 0 Å². The molecule has 0 radical (unpaired) electrons. The van der Waals surface area contributed by atoms with Gasteiger partial charge >= 0.3 is 0 Å². The van der Waals surface area contributed by atoms with Crippen LogP contribution in [0, 0.1) is 5.92 Å². The summed E-state index contributed by atoms with van der Waals surface area (Å²) in [6, 6.07) is 3.97. The van der Waals surface area contributed by atoms with Gasteiger partial charge in [-0.3, -0.25) is 9.78 Å². The molecule has 0 saturated heterocycles. The second-order valence-corrected chi connectivity index (χ2v) is 4.48. The molecule has 1 rings (SSSR count). The molecule has 0 aliphatic rings. The maximum Gasteiger partial charge on any atom is 0.221 e. The van der Waals surface area contributed by atoms with E-state index < -0.39 is 0 Å². The highest BCUT2D eigenvalue weighted by Gasteiger charge is 2.16. The van der Waals surface area contributed by atoms with Crippen molar-refractivity contribution < 1.29 is 4.79 Å². The molecule has 94 valence electrons. The lowest BCUT2D eigenvalue weighted by Crippen LogP contribution is -2.31. The molecule has 0 bridgehead atoms. The number of pyridine rings is 1. The standard InChI is InChI=1S/C13H21N3O/c1-10(2)12(9-16-13(17)5-6-14)11-4-3-7-15-8-11/h3-4,7-8,10,12H,5-6,9,14H2,1-2H3,(H,16,17). The lowest BCUT2D eigenvalue weighted by Gasteiger charge is -2.21. The van der Waals surface area contributed by atoms with Crippen LogP contribution in [0.3, 0.4) is 0 Å². The molecule has 1 unspecified atom stereocenters. The molecule has 1 atom stereocenters. The maximum atomic E-state index is 11.4. The van der Waals surface area contributed by atoms with Crippen molar-refractivity contribution in [3.05, 3.63) is 30.1 Å². The molecular weight excluding hydrogens is 214 g/mol. The molecule has 3 N–H and O–H groups in total. The Kier molecular flexibility index (Phi) is 5.63. The molecule has 0 fully saturated rings. The summed E-state index contributed by atoms with van der Waals surface area (Å²) in [4.78, 5) is 15.5. The predicted molar refractivity (Wildman–Crippen MR) is 68.5 cm³/mol. The Hall–Kier alpha value is -1.42. The van der Waals surface area contributed by atoms with Crippen LogP contribution in [-0.4, -0.2) is 24.0 Å². The summed E-state index contributed by atoms with van der Waals surface area (Å²) >= 11 is 0. The summed E-state index contributed by atoms with van der Waals surface area (Å²) in [7, 11) is 0. The van der Waals surface area contributed by atoms with Gasteiger partial charge < -0.3 is 11.1 Å². The van der Waals surface area contributed by atoms with Crippen LogP contribution in [0.25, 0.3) is 0 Å². The van der Waals surface area contributed by atoms with Gasteiger partial charge in [0.15, 0.2) is 0 Å². The minimum Gasteiger partial charge on any atom is -0.355 e. The first-order valence-electron chi connectivity index (χ1n) is 6.01.